The van der Waals surface area contributed by atoms with Crippen molar-refractivity contribution in [2.45, 2.75) is 4.90 Å². The quantitative estimate of drug-likeness (QED) is 0.343. The maximum atomic E-state index is 12.5. The zero-order valence-electron chi connectivity index (χ0n) is 14.2. The first-order valence-electron chi connectivity index (χ1n) is 7.77. The second-order valence-electron chi connectivity index (χ2n) is 5.55. The normalized spacial score (nSPS) is 11.0. The van der Waals surface area contributed by atoms with Crippen molar-refractivity contribution in [2.75, 3.05) is 0 Å². The monoisotopic (exact) mass is 417 g/mol. The number of thiocarbonyl (C=S) groups is 1. The topological polar surface area (TPSA) is 158 Å². The minimum Gasteiger partial charge on any atom is -0.375 e. The van der Waals surface area contributed by atoms with E-state index in [0.29, 0.717) is 16.9 Å². The Morgan fingerprint density at radius 2 is 1.68 bits per heavy atom. The first-order chi connectivity index (χ1) is 13.3. The summed E-state index contributed by atoms with van der Waals surface area (Å²) in [5, 5.41) is 13.0. The molecule has 12 heteroatoms. The van der Waals surface area contributed by atoms with Gasteiger partial charge in [0.15, 0.2) is 10.8 Å². The maximum absolute atomic E-state index is 12.5. The molecule has 1 heterocycles. The highest BCUT2D eigenvalue weighted by atomic mass is 32.2. The van der Waals surface area contributed by atoms with Gasteiger partial charge >= 0.3 is 0 Å². The third-order valence-electron chi connectivity index (χ3n) is 3.64. The molecule has 2 aromatic carbocycles. The van der Waals surface area contributed by atoms with Crippen molar-refractivity contribution in [1.29, 1.82) is 0 Å². The van der Waals surface area contributed by atoms with Crippen LogP contribution in [0.25, 0.3) is 16.9 Å². The van der Waals surface area contributed by atoms with Gasteiger partial charge in [0.05, 0.1) is 10.6 Å². The van der Waals surface area contributed by atoms with E-state index in [0.717, 1.165) is 0 Å². The Balaban J connectivity index is 2.09. The van der Waals surface area contributed by atoms with Gasteiger partial charge in [0.1, 0.15) is 5.69 Å². The molecule has 0 aliphatic carbocycles. The Labute approximate surface area is 165 Å². The average Bonchev–Trinajstić information content (AvgIpc) is 3.11. The van der Waals surface area contributed by atoms with E-state index in [4.69, 9.17) is 10.9 Å². The van der Waals surface area contributed by atoms with E-state index in [1.165, 1.54) is 28.9 Å². The van der Waals surface area contributed by atoms with Crippen molar-refractivity contribution in [1.82, 2.24) is 25.8 Å². The number of carbonyl (C=O) groups is 1. The molecule has 0 unspecified atom stereocenters. The summed E-state index contributed by atoms with van der Waals surface area (Å²) < 4.78 is 24.3. The van der Waals surface area contributed by atoms with Gasteiger partial charge in [0.25, 0.3) is 5.91 Å². The SMILES string of the molecule is NC(=S)NNC(=O)c1nnn(-c2ccc(S(N)(=O)=O)cc2)c1-c1ccccc1. The van der Waals surface area contributed by atoms with E-state index in [1.54, 1.807) is 24.3 Å². The van der Waals surface area contributed by atoms with Crippen LogP contribution < -0.4 is 21.7 Å². The van der Waals surface area contributed by atoms with Gasteiger partial charge in [-0.3, -0.25) is 15.6 Å². The van der Waals surface area contributed by atoms with E-state index in [9.17, 15) is 13.2 Å². The number of carbonyl (C=O) groups excluding carboxylic acids is 1. The molecule has 0 fully saturated rings. The molecule has 0 radical (unpaired) electrons. The van der Waals surface area contributed by atoms with Crippen LogP contribution in [0.4, 0.5) is 0 Å². The number of primary sulfonamides is 1. The molecule has 0 atom stereocenters. The highest BCUT2D eigenvalue weighted by Gasteiger charge is 2.22. The summed E-state index contributed by atoms with van der Waals surface area (Å²) in [5.41, 5.74) is 11.6. The molecule has 1 amide bonds. The lowest BCUT2D eigenvalue weighted by atomic mass is 10.1. The van der Waals surface area contributed by atoms with Crippen LogP contribution in [0.1, 0.15) is 10.5 Å². The van der Waals surface area contributed by atoms with Crippen LogP contribution in [0.15, 0.2) is 59.5 Å². The van der Waals surface area contributed by atoms with E-state index >= 15 is 0 Å². The van der Waals surface area contributed by atoms with Crippen LogP contribution >= 0.6 is 12.2 Å². The third-order valence-corrected chi connectivity index (χ3v) is 4.67. The van der Waals surface area contributed by atoms with Crippen LogP contribution in [0.3, 0.4) is 0 Å². The van der Waals surface area contributed by atoms with Gasteiger partial charge in [-0.15, -0.1) is 5.10 Å². The molecular formula is C16H15N7O3S2. The van der Waals surface area contributed by atoms with Crippen LogP contribution in [0, 0.1) is 0 Å². The molecular weight excluding hydrogens is 402 g/mol. The van der Waals surface area contributed by atoms with Gasteiger partial charge in [-0.1, -0.05) is 35.5 Å². The standard InChI is InChI=1S/C16H15N7O3S2/c17-16(27)21-20-15(24)13-14(10-4-2-1-3-5-10)23(22-19-13)11-6-8-12(9-7-11)28(18,25)26/h1-9H,(H,20,24)(H3,17,21,27)(H2,18,25,26). The summed E-state index contributed by atoms with van der Waals surface area (Å²) in [6.45, 7) is 0. The lowest BCUT2D eigenvalue weighted by Gasteiger charge is -2.10. The molecule has 0 saturated carbocycles. The number of hydrazine groups is 1. The molecule has 0 aliphatic rings. The van der Waals surface area contributed by atoms with Crippen molar-refractivity contribution in [3.05, 3.63) is 60.3 Å². The maximum Gasteiger partial charge on any atom is 0.292 e. The third kappa shape index (κ3) is 4.14. The highest BCUT2D eigenvalue weighted by molar-refractivity contribution is 7.89. The number of nitrogens with zero attached hydrogens (tertiary/aromatic N) is 3. The van der Waals surface area contributed by atoms with Gasteiger partial charge in [-0.2, -0.15) is 0 Å². The zero-order valence-corrected chi connectivity index (χ0v) is 15.9. The summed E-state index contributed by atoms with van der Waals surface area (Å²) >= 11 is 4.67. The average molecular weight is 417 g/mol. The highest BCUT2D eigenvalue weighted by Crippen LogP contribution is 2.25. The lowest BCUT2D eigenvalue weighted by molar-refractivity contribution is 0.0939. The Morgan fingerprint density at radius 1 is 1.04 bits per heavy atom. The van der Waals surface area contributed by atoms with E-state index < -0.39 is 15.9 Å². The summed E-state index contributed by atoms with van der Waals surface area (Å²) in [6, 6.07) is 14.7. The van der Waals surface area contributed by atoms with Crippen LogP contribution in [-0.2, 0) is 10.0 Å². The van der Waals surface area contributed by atoms with Crippen LogP contribution in [-0.4, -0.2) is 34.4 Å². The molecule has 144 valence electrons. The van der Waals surface area contributed by atoms with Crippen LogP contribution in [0.2, 0.25) is 0 Å². The fraction of sp³-hybridized carbons (Fsp3) is 0. The second kappa shape index (κ2) is 7.72. The molecule has 0 aliphatic heterocycles. The van der Waals surface area contributed by atoms with E-state index in [1.807, 2.05) is 6.07 Å². The molecule has 10 nitrogen and oxygen atoms in total. The number of nitrogens with two attached hydrogens (primary N) is 2. The molecule has 3 rings (SSSR count). The fourth-order valence-electron chi connectivity index (χ4n) is 2.43. The van der Waals surface area contributed by atoms with Gasteiger partial charge in [-0.25, -0.2) is 18.2 Å². The Morgan fingerprint density at radius 3 is 2.25 bits per heavy atom. The Bertz CT molecular complexity index is 1130. The van der Waals surface area contributed by atoms with Gasteiger partial charge in [0.2, 0.25) is 10.0 Å². The van der Waals surface area contributed by atoms with Gasteiger partial charge < -0.3 is 5.73 Å². The minimum atomic E-state index is -3.83. The Hall–Kier alpha value is -3.35. The first-order valence-corrected chi connectivity index (χ1v) is 9.73. The van der Waals surface area contributed by atoms with E-state index in [-0.39, 0.29) is 15.7 Å². The summed E-state index contributed by atoms with van der Waals surface area (Å²) in [5.74, 6) is -0.598. The summed E-state index contributed by atoms with van der Waals surface area (Å²) in [6.07, 6.45) is 0. The van der Waals surface area contributed by atoms with Crippen LogP contribution in [0.5, 0.6) is 0 Å². The fourth-order valence-corrected chi connectivity index (χ4v) is 2.99. The van der Waals surface area contributed by atoms with Crippen molar-refractivity contribution < 1.29 is 13.2 Å². The number of hydrogen-bond donors (Lipinski definition) is 4. The number of hydrogen-bond acceptors (Lipinski definition) is 6. The van der Waals surface area contributed by atoms with Gasteiger partial charge in [0, 0.05) is 5.56 Å². The predicted octanol–water partition coefficient (Wildman–Crippen LogP) is 0.0597. The second-order valence-corrected chi connectivity index (χ2v) is 7.55. The molecule has 1 aromatic heterocycles. The predicted molar refractivity (Wildman–Crippen MR) is 106 cm³/mol. The van der Waals surface area contributed by atoms with E-state index in [2.05, 4.69) is 33.4 Å². The number of rotatable bonds is 4. The van der Waals surface area contributed by atoms with Gasteiger partial charge in [-0.05, 0) is 36.5 Å². The minimum absolute atomic E-state index is 0.0190. The molecule has 3 aromatic rings. The number of amides is 1. The molecule has 0 spiro atoms. The molecule has 6 N–H and O–H groups in total. The summed E-state index contributed by atoms with van der Waals surface area (Å²) in [4.78, 5) is 12.4. The zero-order chi connectivity index (χ0) is 20.3. The van der Waals surface area contributed by atoms with Crippen molar-refractivity contribution in [3.63, 3.8) is 0 Å². The largest absolute Gasteiger partial charge is 0.375 e. The number of benzene rings is 2. The number of nitrogens with one attached hydrogen (secondary N) is 2. The smallest absolute Gasteiger partial charge is 0.292 e. The first kappa shape index (κ1) is 19.4. The molecule has 28 heavy (non-hydrogen) atoms. The molecule has 0 bridgehead atoms. The lowest BCUT2D eigenvalue weighted by Crippen LogP contribution is -2.44. The van der Waals surface area contributed by atoms with Crippen molar-refractivity contribution in [3.8, 4) is 16.9 Å². The summed E-state index contributed by atoms with van der Waals surface area (Å²) in [7, 11) is -3.83. The Kier molecular flexibility index (Phi) is 5.35. The molecule has 0 saturated heterocycles. The van der Waals surface area contributed by atoms with Crippen molar-refractivity contribution >= 4 is 33.3 Å². The number of sulfonamides is 1. The van der Waals surface area contributed by atoms with Crippen molar-refractivity contribution in [2.24, 2.45) is 10.9 Å². The number of aromatic nitrogens is 3.